The number of hydrogen-bond donors (Lipinski definition) is 1. The maximum atomic E-state index is 5.43. The van der Waals surface area contributed by atoms with Crippen LogP contribution in [0.15, 0.2) is 22.8 Å². The van der Waals surface area contributed by atoms with Crippen LogP contribution in [0, 0.1) is 11.3 Å². The van der Waals surface area contributed by atoms with Crippen molar-refractivity contribution in [2.45, 2.75) is 45.7 Å². The van der Waals surface area contributed by atoms with E-state index >= 15 is 0 Å². The second-order valence-electron chi connectivity index (χ2n) is 6.68. The molecule has 0 bridgehead atoms. The Morgan fingerprint density at radius 2 is 2.26 bits per heavy atom. The highest BCUT2D eigenvalue weighted by Crippen LogP contribution is 2.39. The van der Waals surface area contributed by atoms with Crippen LogP contribution in [0.2, 0.25) is 0 Å². The number of hydrogen-bond acceptors (Lipinski definition) is 3. The minimum atomic E-state index is 0.406. The zero-order valence-electron chi connectivity index (χ0n) is 12.8. The molecule has 2 unspecified atom stereocenters. The monoisotopic (exact) mass is 264 g/mol. The summed E-state index contributed by atoms with van der Waals surface area (Å²) in [7, 11) is 4.30. The van der Waals surface area contributed by atoms with Gasteiger partial charge >= 0.3 is 0 Å². The number of furan rings is 1. The van der Waals surface area contributed by atoms with Crippen molar-refractivity contribution in [1.82, 2.24) is 10.2 Å². The van der Waals surface area contributed by atoms with E-state index in [1.54, 1.807) is 6.26 Å². The molecule has 0 amide bonds. The summed E-state index contributed by atoms with van der Waals surface area (Å²) >= 11 is 0. The molecule has 2 atom stereocenters. The standard InChI is InChI=1S/C16H28N2O/c1-16(2)9-5-7-13(15(16)17-3)11-18(4)12-14-8-6-10-19-14/h6,8,10,13,15,17H,5,7,9,11-12H2,1-4H3. The highest BCUT2D eigenvalue weighted by atomic mass is 16.3. The Labute approximate surface area is 117 Å². The molecule has 0 spiro atoms. The quantitative estimate of drug-likeness (QED) is 0.885. The predicted molar refractivity (Wildman–Crippen MR) is 79.0 cm³/mol. The topological polar surface area (TPSA) is 28.4 Å². The summed E-state index contributed by atoms with van der Waals surface area (Å²) in [5.74, 6) is 1.78. The van der Waals surface area contributed by atoms with Gasteiger partial charge in [-0.1, -0.05) is 20.3 Å². The number of nitrogens with zero attached hydrogens (tertiary/aromatic N) is 1. The molecule has 3 heteroatoms. The third kappa shape index (κ3) is 3.61. The van der Waals surface area contributed by atoms with Crippen molar-refractivity contribution in [1.29, 1.82) is 0 Å². The maximum absolute atomic E-state index is 5.43. The zero-order valence-corrected chi connectivity index (χ0v) is 12.8. The lowest BCUT2D eigenvalue weighted by atomic mass is 9.68. The van der Waals surface area contributed by atoms with Crippen molar-refractivity contribution < 1.29 is 4.42 Å². The van der Waals surface area contributed by atoms with Gasteiger partial charge in [-0.25, -0.2) is 0 Å². The Balaban J connectivity index is 1.93. The van der Waals surface area contributed by atoms with Crippen LogP contribution < -0.4 is 5.32 Å². The Kier molecular flexibility index (Phi) is 4.69. The minimum absolute atomic E-state index is 0.406. The van der Waals surface area contributed by atoms with Gasteiger partial charge in [-0.2, -0.15) is 0 Å². The second kappa shape index (κ2) is 6.10. The van der Waals surface area contributed by atoms with Crippen molar-refractivity contribution in [2.24, 2.45) is 11.3 Å². The van der Waals surface area contributed by atoms with E-state index in [4.69, 9.17) is 4.42 Å². The Hall–Kier alpha value is -0.800. The van der Waals surface area contributed by atoms with Crippen LogP contribution in [-0.2, 0) is 6.54 Å². The summed E-state index contributed by atoms with van der Waals surface area (Å²) in [4.78, 5) is 2.38. The van der Waals surface area contributed by atoms with Crippen LogP contribution >= 0.6 is 0 Å². The molecular weight excluding hydrogens is 236 g/mol. The average molecular weight is 264 g/mol. The number of nitrogens with one attached hydrogen (secondary N) is 1. The Morgan fingerprint density at radius 1 is 1.47 bits per heavy atom. The van der Waals surface area contributed by atoms with Crippen molar-refractivity contribution in [3.63, 3.8) is 0 Å². The lowest BCUT2D eigenvalue weighted by Crippen LogP contribution is -2.51. The van der Waals surface area contributed by atoms with E-state index in [0.717, 1.165) is 24.8 Å². The third-order valence-corrected chi connectivity index (χ3v) is 4.57. The summed E-state index contributed by atoms with van der Waals surface area (Å²) in [6.45, 7) is 6.83. The summed E-state index contributed by atoms with van der Waals surface area (Å²) in [6, 6.07) is 4.63. The maximum Gasteiger partial charge on any atom is 0.117 e. The first-order chi connectivity index (χ1) is 9.03. The normalized spacial score (nSPS) is 26.8. The molecule has 1 saturated carbocycles. The molecule has 0 aromatic carbocycles. The van der Waals surface area contributed by atoms with E-state index < -0.39 is 0 Å². The third-order valence-electron chi connectivity index (χ3n) is 4.57. The largest absolute Gasteiger partial charge is 0.468 e. The van der Waals surface area contributed by atoms with Crippen molar-refractivity contribution in [3.8, 4) is 0 Å². The molecule has 0 saturated heterocycles. The van der Waals surface area contributed by atoms with E-state index in [2.05, 4.69) is 44.2 Å². The van der Waals surface area contributed by atoms with E-state index in [-0.39, 0.29) is 0 Å². The van der Waals surface area contributed by atoms with Crippen LogP contribution in [-0.4, -0.2) is 31.6 Å². The van der Waals surface area contributed by atoms with Gasteiger partial charge in [-0.15, -0.1) is 0 Å². The minimum Gasteiger partial charge on any atom is -0.468 e. The highest BCUT2D eigenvalue weighted by molar-refractivity contribution is 4.98. The molecular formula is C16H28N2O. The Morgan fingerprint density at radius 3 is 2.89 bits per heavy atom. The molecule has 1 aromatic rings. The molecule has 19 heavy (non-hydrogen) atoms. The molecule has 1 aromatic heterocycles. The summed E-state index contributed by atoms with van der Waals surface area (Å²) < 4.78 is 5.43. The SMILES string of the molecule is CNC1C(CN(C)Cc2ccco2)CCCC1(C)C. The zero-order chi connectivity index (χ0) is 13.9. The summed E-state index contributed by atoms with van der Waals surface area (Å²) in [5.41, 5.74) is 0.406. The first-order valence-electron chi connectivity index (χ1n) is 7.41. The van der Waals surface area contributed by atoms with Crippen LogP contribution in [0.1, 0.15) is 38.9 Å². The molecule has 108 valence electrons. The molecule has 1 aliphatic rings. The van der Waals surface area contributed by atoms with Crippen molar-refractivity contribution in [3.05, 3.63) is 24.2 Å². The van der Waals surface area contributed by atoms with Crippen LogP contribution in [0.3, 0.4) is 0 Å². The van der Waals surface area contributed by atoms with E-state index in [1.807, 2.05) is 6.07 Å². The van der Waals surface area contributed by atoms with Gasteiger partial charge in [0.25, 0.3) is 0 Å². The summed E-state index contributed by atoms with van der Waals surface area (Å²) in [5, 5.41) is 3.56. The molecule has 1 N–H and O–H groups in total. The predicted octanol–water partition coefficient (Wildman–Crippen LogP) is 3.13. The van der Waals surface area contributed by atoms with E-state index in [0.29, 0.717) is 11.5 Å². The molecule has 0 radical (unpaired) electrons. The molecule has 1 fully saturated rings. The van der Waals surface area contributed by atoms with Crippen LogP contribution in [0.4, 0.5) is 0 Å². The molecule has 1 heterocycles. The van der Waals surface area contributed by atoms with Gasteiger partial charge < -0.3 is 9.73 Å². The van der Waals surface area contributed by atoms with Gasteiger partial charge in [-0.3, -0.25) is 4.90 Å². The fraction of sp³-hybridized carbons (Fsp3) is 0.750. The smallest absolute Gasteiger partial charge is 0.117 e. The van der Waals surface area contributed by atoms with Crippen molar-refractivity contribution >= 4 is 0 Å². The second-order valence-corrected chi connectivity index (χ2v) is 6.68. The van der Waals surface area contributed by atoms with Gasteiger partial charge in [0.1, 0.15) is 5.76 Å². The van der Waals surface area contributed by atoms with Gasteiger partial charge in [0.15, 0.2) is 0 Å². The summed E-state index contributed by atoms with van der Waals surface area (Å²) in [6.07, 6.45) is 5.77. The highest BCUT2D eigenvalue weighted by Gasteiger charge is 2.38. The first-order valence-corrected chi connectivity index (χ1v) is 7.41. The Bertz CT molecular complexity index is 372. The molecule has 1 aliphatic carbocycles. The van der Waals surface area contributed by atoms with Crippen LogP contribution in [0.25, 0.3) is 0 Å². The lowest BCUT2D eigenvalue weighted by Gasteiger charge is -2.45. The molecule has 0 aliphatic heterocycles. The van der Waals surface area contributed by atoms with Crippen molar-refractivity contribution in [2.75, 3.05) is 20.6 Å². The fourth-order valence-electron chi connectivity index (χ4n) is 3.74. The first kappa shape index (κ1) is 14.6. The van der Waals surface area contributed by atoms with Gasteiger partial charge in [0.2, 0.25) is 0 Å². The fourth-order valence-corrected chi connectivity index (χ4v) is 3.74. The van der Waals surface area contributed by atoms with Gasteiger partial charge in [0.05, 0.1) is 12.8 Å². The van der Waals surface area contributed by atoms with Crippen LogP contribution in [0.5, 0.6) is 0 Å². The van der Waals surface area contributed by atoms with E-state index in [9.17, 15) is 0 Å². The van der Waals surface area contributed by atoms with Gasteiger partial charge in [-0.05, 0) is 50.4 Å². The lowest BCUT2D eigenvalue weighted by molar-refractivity contribution is 0.0872. The molecule has 2 rings (SSSR count). The van der Waals surface area contributed by atoms with Gasteiger partial charge in [0, 0.05) is 12.6 Å². The average Bonchev–Trinajstić information content (AvgIpc) is 2.80. The number of rotatable bonds is 5. The molecule has 3 nitrogen and oxygen atoms in total. The van der Waals surface area contributed by atoms with E-state index in [1.165, 1.54) is 19.3 Å².